The van der Waals surface area contributed by atoms with Crippen LogP contribution in [0.3, 0.4) is 0 Å². The van der Waals surface area contributed by atoms with E-state index < -0.39 is 0 Å². The average Bonchev–Trinajstić information content (AvgIpc) is 3.07. The van der Waals surface area contributed by atoms with E-state index in [9.17, 15) is 0 Å². The molecule has 2 aromatic carbocycles. The fourth-order valence-electron chi connectivity index (χ4n) is 2.47. The predicted molar refractivity (Wildman–Crippen MR) is 101 cm³/mol. The van der Waals surface area contributed by atoms with Crippen LogP contribution in [0.15, 0.2) is 53.5 Å². The number of aliphatic imine (C=N–C) groups is 1. The van der Waals surface area contributed by atoms with Crippen LogP contribution < -0.4 is 11.1 Å². The summed E-state index contributed by atoms with van der Waals surface area (Å²) in [5.74, 6) is 1.87. The number of nitrogens with zero attached hydrogens (tertiary/aromatic N) is 3. The van der Waals surface area contributed by atoms with Gasteiger partial charge in [0.15, 0.2) is 11.8 Å². The number of aryl methyl sites for hydroxylation is 2. The Hall–Kier alpha value is -3.15. The Labute approximate surface area is 147 Å². The first-order valence-electron chi connectivity index (χ1n) is 8.28. The van der Waals surface area contributed by atoms with Crippen LogP contribution in [-0.4, -0.2) is 21.1 Å². The summed E-state index contributed by atoms with van der Waals surface area (Å²) in [5, 5.41) is 10.1. The number of hydrogen-bond donors (Lipinski definition) is 3. The number of hydrogen-bond acceptors (Lipinski definition) is 3. The molecule has 0 bridgehead atoms. The molecule has 0 aliphatic rings. The lowest BCUT2D eigenvalue weighted by molar-refractivity contribution is 1.04. The van der Waals surface area contributed by atoms with E-state index in [0.29, 0.717) is 18.3 Å². The van der Waals surface area contributed by atoms with Crippen molar-refractivity contribution in [2.45, 2.75) is 26.8 Å². The molecule has 6 nitrogen and oxygen atoms in total. The van der Waals surface area contributed by atoms with Gasteiger partial charge in [-0.1, -0.05) is 37.3 Å². The number of anilines is 1. The number of nitrogens with one attached hydrogen (secondary N) is 2. The quantitative estimate of drug-likeness (QED) is 0.493. The number of nitrogens with two attached hydrogens (primary N) is 1. The Bertz CT molecular complexity index is 864. The van der Waals surface area contributed by atoms with E-state index in [4.69, 9.17) is 5.73 Å². The summed E-state index contributed by atoms with van der Waals surface area (Å²) in [4.78, 5) is 8.75. The van der Waals surface area contributed by atoms with Gasteiger partial charge in [0.2, 0.25) is 0 Å². The van der Waals surface area contributed by atoms with Gasteiger partial charge < -0.3 is 11.1 Å². The number of H-pyrrole nitrogens is 1. The molecule has 0 aliphatic heterocycles. The van der Waals surface area contributed by atoms with Gasteiger partial charge in [0.05, 0.1) is 6.54 Å². The molecule has 0 saturated heterocycles. The number of aromatic nitrogens is 3. The molecule has 0 fully saturated rings. The predicted octanol–water partition coefficient (Wildman–Crippen LogP) is 3.27. The molecule has 3 aromatic rings. The fourth-order valence-corrected chi connectivity index (χ4v) is 2.47. The maximum absolute atomic E-state index is 5.99. The molecule has 0 spiro atoms. The molecule has 6 heteroatoms. The van der Waals surface area contributed by atoms with Gasteiger partial charge in [0.25, 0.3) is 0 Å². The van der Waals surface area contributed by atoms with Crippen molar-refractivity contribution >= 4 is 11.6 Å². The summed E-state index contributed by atoms with van der Waals surface area (Å²) in [5.41, 5.74) is 10.2. The van der Waals surface area contributed by atoms with Gasteiger partial charge in [-0.2, -0.15) is 5.10 Å². The zero-order valence-corrected chi connectivity index (χ0v) is 14.5. The molecular formula is C19H22N6. The average molecular weight is 334 g/mol. The lowest BCUT2D eigenvalue weighted by Gasteiger charge is -2.07. The summed E-state index contributed by atoms with van der Waals surface area (Å²) < 4.78 is 0. The second-order valence-electron chi connectivity index (χ2n) is 5.82. The minimum atomic E-state index is 0.392. The number of benzene rings is 2. The van der Waals surface area contributed by atoms with E-state index in [0.717, 1.165) is 29.1 Å². The zero-order chi connectivity index (χ0) is 17.6. The van der Waals surface area contributed by atoms with E-state index in [-0.39, 0.29) is 0 Å². The van der Waals surface area contributed by atoms with Crippen LogP contribution in [0.2, 0.25) is 0 Å². The van der Waals surface area contributed by atoms with Crippen molar-refractivity contribution in [1.29, 1.82) is 0 Å². The number of guanidine groups is 1. The Kier molecular flexibility index (Phi) is 5.09. The van der Waals surface area contributed by atoms with Gasteiger partial charge in [-0.15, -0.1) is 0 Å². The highest BCUT2D eigenvalue weighted by atomic mass is 15.2. The molecule has 0 aliphatic carbocycles. The van der Waals surface area contributed by atoms with Crippen LogP contribution in [0.4, 0.5) is 5.69 Å². The van der Waals surface area contributed by atoms with Gasteiger partial charge in [-0.25, -0.2) is 9.98 Å². The maximum Gasteiger partial charge on any atom is 0.193 e. The minimum absolute atomic E-state index is 0.392. The Morgan fingerprint density at radius 2 is 1.96 bits per heavy atom. The first kappa shape index (κ1) is 16.7. The summed E-state index contributed by atoms with van der Waals surface area (Å²) in [6, 6.07) is 16.2. The summed E-state index contributed by atoms with van der Waals surface area (Å²) in [6.45, 7) is 4.50. The minimum Gasteiger partial charge on any atom is -0.370 e. The Morgan fingerprint density at radius 1 is 1.16 bits per heavy atom. The summed E-state index contributed by atoms with van der Waals surface area (Å²) in [6.07, 6.45) is 1.02. The van der Waals surface area contributed by atoms with Crippen LogP contribution in [0.5, 0.6) is 0 Å². The lowest BCUT2D eigenvalue weighted by atomic mass is 10.1. The van der Waals surface area contributed by atoms with Gasteiger partial charge in [0.1, 0.15) is 5.82 Å². The lowest BCUT2D eigenvalue weighted by Crippen LogP contribution is -2.22. The number of aromatic amines is 1. The topological polar surface area (TPSA) is 92.0 Å². The summed E-state index contributed by atoms with van der Waals surface area (Å²) in [7, 11) is 0. The van der Waals surface area contributed by atoms with Crippen molar-refractivity contribution in [2.75, 3.05) is 5.32 Å². The number of rotatable bonds is 5. The van der Waals surface area contributed by atoms with E-state index in [1.165, 1.54) is 5.56 Å². The Morgan fingerprint density at radius 3 is 2.64 bits per heavy atom. The largest absolute Gasteiger partial charge is 0.370 e. The van der Waals surface area contributed by atoms with Crippen molar-refractivity contribution in [1.82, 2.24) is 15.2 Å². The molecule has 0 saturated carbocycles. The van der Waals surface area contributed by atoms with Gasteiger partial charge in [-0.05, 0) is 42.7 Å². The molecule has 0 atom stereocenters. The molecule has 1 heterocycles. The first-order chi connectivity index (χ1) is 12.1. The van der Waals surface area contributed by atoms with Crippen molar-refractivity contribution < 1.29 is 0 Å². The molecule has 1 aromatic heterocycles. The van der Waals surface area contributed by atoms with E-state index in [1.54, 1.807) is 0 Å². The third-order valence-corrected chi connectivity index (χ3v) is 3.85. The fraction of sp³-hybridized carbons (Fsp3) is 0.211. The van der Waals surface area contributed by atoms with Crippen LogP contribution in [0.25, 0.3) is 11.4 Å². The van der Waals surface area contributed by atoms with Crippen LogP contribution in [0, 0.1) is 6.92 Å². The molecule has 0 radical (unpaired) electrons. The van der Waals surface area contributed by atoms with E-state index in [1.807, 2.05) is 43.3 Å². The SMILES string of the molecule is CCc1ccc(NC(N)=NCc2cccc(-c3n[nH]c(C)n3)c2)cc1. The highest BCUT2D eigenvalue weighted by Gasteiger charge is 2.04. The molecule has 25 heavy (non-hydrogen) atoms. The van der Waals surface area contributed by atoms with Crippen molar-refractivity contribution in [3.63, 3.8) is 0 Å². The van der Waals surface area contributed by atoms with Crippen LogP contribution >= 0.6 is 0 Å². The van der Waals surface area contributed by atoms with E-state index >= 15 is 0 Å². The third kappa shape index (κ3) is 4.44. The smallest absolute Gasteiger partial charge is 0.193 e. The molecule has 128 valence electrons. The van der Waals surface area contributed by atoms with Gasteiger partial charge in [0, 0.05) is 11.3 Å². The third-order valence-electron chi connectivity index (χ3n) is 3.85. The molecule has 3 rings (SSSR count). The normalized spacial score (nSPS) is 11.5. The Balaban J connectivity index is 1.66. The zero-order valence-electron chi connectivity index (χ0n) is 14.5. The maximum atomic E-state index is 5.99. The molecular weight excluding hydrogens is 312 g/mol. The molecule has 0 amide bonds. The van der Waals surface area contributed by atoms with Gasteiger partial charge >= 0.3 is 0 Å². The first-order valence-corrected chi connectivity index (χ1v) is 8.28. The molecule has 4 N–H and O–H groups in total. The second kappa shape index (κ2) is 7.61. The van der Waals surface area contributed by atoms with Gasteiger partial charge in [-0.3, -0.25) is 5.10 Å². The van der Waals surface area contributed by atoms with E-state index in [2.05, 4.69) is 44.5 Å². The highest BCUT2D eigenvalue weighted by molar-refractivity contribution is 5.92. The standard InChI is InChI=1S/C19H22N6/c1-3-14-7-9-17(10-8-14)23-19(20)21-12-15-5-4-6-16(11-15)18-22-13(2)24-25-18/h4-11H,3,12H2,1-2H3,(H3,20,21,23)(H,22,24,25). The van der Waals surface area contributed by atoms with Crippen LogP contribution in [0.1, 0.15) is 23.9 Å². The second-order valence-corrected chi connectivity index (χ2v) is 5.82. The van der Waals surface area contributed by atoms with Crippen molar-refractivity contribution in [3.8, 4) is 11.4 Å². The summed E-state index contributed by atoms with van der Waals surface area (Å²) >= 11 is 0. The van der Waals surface area contributed by atoms with Crippen molar-refractivity contribution in [2.24, 2.45) is 10.7 Å². The monoisotopic (exact) mass is 334 g/mol. The van der Waals surface area contributed by atoms with Crippen molar-refractivity contribution in [3.05, 3.63) is 65.5 Å². The van der Waals surface area contributed by atoms with Crippen LogP contribution in [-0.2, 0) is 13.0 Å². The highest BCUT2D eigenvalue weighted by Crippen LogP contribution is 2.17. The molecule has 0 unspecified atom stereocenters.